The van der Waals surface area contributed by atoms with Crippen LogP contribution >= 0.6 is 11.6 Å². The highest BCUT2D eigenvalue weighted by Gasteiger charge is 2.48. The maximum atomic E-state index is 13.0. The monoisotopic (exact) mass is 302 g/mol. The Hall–Kier alpha value is -1.53. The van der Waals surface area contributed by atoms with Gasteiger partial charge in [0.1, 0.15) is 0 Å². The number of carbonyl (C=O) groups is 1. The number of nitriles is 1. The highest BCUT2D eigenvalue weighted by atomic mass is 35.5. The summed E-state index contributed by atoms with van der Waals surface area (Å²) in [6.07, 6.45) is 4.74. The molecule has 0 bridgehead atoms. The third-order valence-corrected chi connectivity index (χ3v) is 5.16. The van der Waals surface area contributed by atoms with Crippen molar-refractivity contribution in [3.8, 4) is 6.07 Å². The summed E-state index contributed by atoms with van der Waals surface area (Å²) in [5.74, 6) is 0.195. The van der Waals surface area contributed by atoms with Gasteiger partial charge in [-0.25, -0.2) is 0 Å². The summed E-state index contributed by atoms with van der Waals surface area (Å²) in [7, 11) is 0. The van der Waals surface area contributed by atoms with E-state index < -0.39 is 0 Å². The third kappa shape index (κ3) is 2.53. The molecule has 1 aliphatic carbocycles. The van der Waals surface area contributed by atoms with Crippen molar-refractivity contribution < 1.29 is 4.79 Å². The van der Waals surface area contributed by atoms with Gasteiger partial charge < -0.3 is 4.90 Å². The summed E-state index contributed by atoms with van der Waals surface area (Å²) in [5.41, 5.74) is 0.698. The summed E-state index contributed by atoms with van der Waals surface area (Å²) in [6.45, 7) is 1.37. The van der Waals surface area contributed by atoms with E-state index in [1.54, 1.807) is 0 Å². The lowest BCUT2D eigenvalue weighted by Gasteiger charge is -2.45. The molecule has 1 saturated heterocycles. The molecular formula is C17H19ClN2O. The number of piperidine rings is 1. The minimum Gasteiger partial charge on any atom is -0.341 e. The smallest absolute Gasteiger partial charge is 0.233 e. The molecule has 1 aliphatic heterocycles. The van der Waals surface area contributed by atoms with E-state index in [0.717, 1.165) is 44.2 Å². The van der Waals surface area contributed by atoms with Gasteiger partial charge in [-0.2, -0.15) is 5.26 Å². The standard InChI is InChI=1S/C17H19ClN2O/c18-15-6-4-14(5-7-15)17(8-2-9-17)16(21)20-10-1-3-13(11-19)12-20/h4-7,13H,1-3,8-10,12H2. The molecule has 1 unspecified atom stereocenters. The quantitative estimate of drug-likeness (QED) is 0.839. The SMILES string of the molecule is N#CC1CCCN(C(=O)C2(c3ccc(Cl)cc3)CCC2)C1. The second kappa shape index (κ2) is 5.69. The molecule has 1 aromatic carbocycles. The zero-order valence-corrected chi connectivity index (χ0v) is 12.8. The minimum atomic E-state index is -0.373. The molecule has 1 heterocycles. The molecule has 1 atom stereocenters. The van der Waals surface area contributed by atoms with Crippen molar-refractivity contribution in [2.45, 2.75) is 37.5 Å². The molecule has 1 aromatic rings. The number of halogens is 1. The van der Waals surface area contributed by atoms with Gasteiger partial charge in [0.15, 0.2) is 0 Å². The van der Waals surface area contributed by atoms with Crippen LogP contribution in [0.4, 0.5) is 0 Å². The van der Waals surface area contributed by atoms with Gasteiger partial charge in [-0.15, -0.1) is 0 Å². The number of carbonyl (C=O) groups excluding carboxylic acids is 1. The van der Waals surface area contributed by atoms with Crippen LogP contribution in [0.2, 0.25) is 5.02 Å². The molecule has 2 aliphatic rings. The van der Waals surface area contributed by atoms with Crippen molar-refractivity contribution in [2.24, 2.45) is 5.92 Å². The zero-order chi connectivity index (χ0) is 14.9. The Morgan fingerprint density at radius 2 is 2.00 bits per heavy atom. The van der Waals surface area contributed by atoms with Crippen molar-refractivity contribution >= 4 is 17.5 Å². The van der Waals surface area contributed by atoms with Crippen LogP contribution in [-0.2, 0) is 10.2 Å². The van der Waals surface area contributed by atoms with Gasteiger partial charge in [0.25, 0.3) is 0 Å². The summed E-state index contributed by atoms with van der Waals surface area (Å²) in [5, 5.41) is 9.81. The fraction of sp³-hybridized carbons (Fsp3) is 0.529. The van der Waals surface area contributed by atoms with Gasteiger partial charge in [0.2, 0.25) is 5.91 Å². The number of likely N-dealkylation sites (tertiary alicyclic amines) is 1. The Morgan fingerprint density at radius 1 is 1.29 bits per heavy atom. The minimum absolute atomic E-state index is 0.00922. The molecule has 1 saturated carbocycles. The molecular weight excluding hydrogens is 284 g/mol. The molecule has 110 valence electrons. The first-order valence-electron chi connectivity index (χ1n) is 7.61. The summed E-state index contributed by atoms with van der Waals surface area (Å²) < 4.78 is 0. The van der Waals surface area contributed by atoms with E-state index in [4.69, 9.17) is 16.9 Å². The summed E-state index contributed by atoms with van der Waals surface area (Å²) >= 11 is 5.96. The van der Waals surface area contributed by atoms with Crippen molar-refractivity contribution in [2.75, 3.05) is 13.1 Å². The van der Waals surface area contributed by atoms with Crippen LogP contribution in [0.1, 0.15) is 37.7 Å². The molecule has 0 radical (unpaired) electrons. The van der Waals surface area contributed by atoms with E-state index in [1.807, 2.05) is 29.2 Å². The number of rotatable bonds is 2. The lowest BCUT2D eigenvalue weighted by molar-refractivity contribution is -0.142. The molecule has 4 heteroatoms. The number of benzene rings is 1. The van der Waals surface area contributed by atoms with E-state index in [1.165, 1.54) is 0 Å². The molecule has 0 spiro atoms. The molecule has 3 nitrogen and oxygen atoms in total. The number of hydrogen-bond acceptors (Lipinski definition) is 2. The Bertz CT molecular complexity index is 571. The molecule has 0 N–H and O–H groups in total. The third-order valence-electron chi connectivity index (χ3n) is 4.90. The molecule has 0 aromatic heterocycles. The zero-order valence-electron chi connectivity index (χ0n) is 12.0. The average Bonchev–Trinajstić information content (AvgIpc) is 2.48. The van der Waals surface area contributed by atoms with Crippen LogP contribution in [0.5, 0.6) is 0 Å². The Morgan fingerprint density at radius 3 is 2.57 bits per heavy atom. The molecule has 21 heavy (non-hydrogen) atoms. The molecule has 2 fully saturated rings. The van der Waals surface area contributed by atoms with Crippen molar-refractivity contribution in [3.63, 3.8) is 0 Å². The Kier molecular flexibility index (Phi) is 3.91. The first kappa shape index (κ1) is 14.4. The normalized spacial score (nSPS) is 24.0. The fourth-order valence-corrected chi connectivity index (χ4v) is 3.62. The van der Waals surface area contributed by atoms with Gasteiger partial charge in [-0.3, -0.25) is 4.79 Å². The molecule has 1 amide bonds. The molecule has 3 rings (SSSR count). The van der Waals surface area contributed by atoms with E-state index in [0.29, 0.717) is 11.6 Å². The first-order valence-corrected chi connectivity index (χ1v) is 7.98. The van der Waals surface area contributed by atoms with E-state index in [2.05, 4.69) is 6.07 Å². The Labute approximate surface area is 130 Å². The topological polar surface area (TPSA) is 44.1 Å². The number of nitrogens with zero attached hydrogens (tertiary/aromatic N) is 2. The fourth-order valence-electron chi connectivity index (χ4n) is 3.49. The summed E-state index contributed by atoms with van der Waals surface area (Å²) in [6, 6.07) is 9.99. The van der Waals surface area contributed by atoms with Gasteiger partial charge in [0.05, 0.1) is 17.4 Å². The average molecular weight is 303 g/mol. The van der Waals surface area contributed by atoms with Crippen LogP contribution < -0.4 is 0 Å². The van der Waals surface area contributed by atoms with Crippen molar-refractivity contribution in [1.82, 2.24) is 4.90 Å². The van der Waals surface area contributed by atoms with Crippen LogP contribution in [0.15, 0.2) is 24.3 Å². The van der Waals surface area contributed by atoms with Gasteiger partial charge in [0, 0.05) is 18.1 Å². The van der Waals surface area contributed by atoms with Crippen molar-refractivity contribution in [1.29, 1.82) is 5.26 Å². The van der Waals surface area contributed by atoms with E-state index in [-0.39, 0.29) is 17.2 Å². The van der Waals surface area contributed by atoms with Crippen LogP contribution in [0, 0.1) is 17.2 Å². The van der Waals surface area contributed by atoms with Gasteiger partial charge >= 0.3 is 0 Å². The highest BCUT2D eigenvalue weighted by molar-refractivity contribution is 6.30. The van der Waals surface area contributed by atoms with Crippen LogP contribution in [0.3, 0.4) is 0 Å². The predicted molar refractivity (Wildman–Crippen MR) is 81.9 cm³/mol. The van der Waals surface area contributed by atoms with Gasteiger partial charge in [-0.05, 0) is 43.4 Å². The van der Waals surface area contributed by atoms with Crippen LogP contribution in [0.25, 0.3) is 0 Å². The lowest BCUT2D eigenvalue weighted by Crippen LogP contribution is -2.53. The first-order chi connectivity index (χ1) is 10.2. The maximum absolute atomic E-state index is 13.0. The van der Waals surface area contributed by atoms with Crippen molar-refractivity contribution in [3.05, 3.63) is 34.9 Å². The second-order valence-electron chi connectivity index (χ2n) is 6.16. The van der Waals surface area contributed by atoms with E-state index >= 15 is 0 Å². The largest absolute Gasteiger partial charge is 0.341 e. The second-order valence-corrected chi connectivity index (χ2v) is 6.60. The van der Waals surface area contributed by atoms with E-state index in [9.17, 15) is 4.79 Å². The summed E-state index contributed by atoms with van der Waals surface area (Å²) in [4.78, 5) is 14.9. The number of amides is 1. The Balaban J connectivity index is 1.84. The number of hydrogen-bond donors (Lipinski definition) is 0. The maximum Gasteiger partial charge on any atom is 0.233 e. The predicted octanol–water partition coefficient (Wildman–Crippen LogP) is 3.52. The van der Waals surface area contributed by atoms with Crippen LogP contribution in [-0.4, -0.2) is 23.9 Å². The van der Waals surface area contributed by atoms with Gasteiger partial charge in [-0.1, -0.05) is 30.2 Å². The highest BCUT2D eigenvalue weighted by Crippen LogP contribution is 2.45. The lowest BCUT2D eigenvalue weighted by atomic mass is 9.63.